The number of benzene rings is 1. The Morgan fingerprint density at radius 3 is 2.58 bits per heavy atom. The highest BCUT2D eigenvalue weighted by Crippen LogP contribution is 2.32. The molecule has 0 radical (unpaired) electrons. The second kappa shape index (κ2) is 6.99. The van der Waals surface area contributed by atoms with E-state index in [0.29, 0.717) is 17.4 Å². The molecule has 106 valence electrons. The van der Waals surface area contributed by atoms with Crippen LogP contribution in [0.25, 0.3) is 0 Å². The first-order chi connectivity index (χ1) is 9.20. The lowest BCUT2D eigenvalue weighted by Crippen LogP contribution is -2.31. The first-order valence-electron chi connectivity index (χ1n) is 7.35. The fourth-order valence-corrected chi connectivity index (χ4v) is 3.12. The Labute approximate surface area is 114 Å². The molecule has 0 aliphatic heterocycles. The number of nitrogens with one attached hydrogen (secondary N) is 1. The minimum absolute atomic E-state index is 0.396. The Bertz CT molecular complexity index is 406. The molecular weight excluding hydrogens is 244 g/mol. The monoisotopic (exact) mass is 267 g/mol. The third-order valence-corrected chi connectivity index (χ3v) is 4.22. The van der Waals surface area contributed by atoms with E-state index in [1.807, 2.05) is 0 Å². The van der Waals surface area contributed by atoms with Gasteiger partial charge in [0.25, 0.3) is 0 Å². The molecule has 1 saturated carbocycles. The first-order valence-corrected chi connectivity index (χ1v) is 7.35. The van der Waals surface area contributed by atoms with Crippen LogP contribution >= 0.6 is 0 Å². The van der Waals surface area contributed by atoms with Gasteiger partial charge in [-0.25, -0.2) is 8.78 Å². The standard InChI is InChI=1S/C16H23F2N/c1-2-19-11-14-6-4-3-5-12(14)9-13-7-8-15(17)10-16(13)18/h7-8,10,12,14,19H,2-6,9,11H2,1H3. The Kier molecular flexibility index (Phi) is 5.32. The maximum Gasteiger partial charge on any atom is 0.129 e. The van der Waals surface area contributed by atoms with Gasteiger partial charge in [0.05, 0.1) is 0 Å². The molecule has 0 spiro atoms. The smallest absolute Gasteiger partial charge is 0.129 e. The minimum Gasteiger partial charge on any atom is -0.317 e. The zero-order valence-electron chi connectivity index (χ0n) is 11.6. The number of hydrogen-bond donors (Lipinski definition) is 1. The van der Waals surface area contributed by atoms with E-state index < -0.39 is 11.6 Å². The highest BCUT2D eigenvalue weighted by Gasteiger charge is 2.25. The third-order valence-electron chi connectivity index (χ3n) is 4.22. The van der Waals surface area contributed by atoms with Crippen LogP contribution in [0.5, 0.6) is 0 Å². The van der Waals surface area contributed by atoms with Gasteiger partial charge < -0.3 is 5.32 Å². The normalized spacial score (nSPS) is 23.5. The Morgan fingerprint density at radius 2 is 1.89 bits per heavy atom. The van der Waals surface area contributed by atoms with Gasteiger partial charge in [0.15, 0.2) is 0 Å². The summed E-state index contributed by atoms with van der Waals surface area (Å²) >= 11 is 0. The van der Waals surface area contributed by atoms with Crippen LogP contribution in [0.3, 0.4) is 0 Å². The molecule has 3 heteroatoms. The van der Waals surface area contributed by atoms with Crippen LogP contribution in [0.2, 0.25) is 0 Å². The zero-order chi connectivity index (χ0) is 13.7. The molecule has 1 fully saturated rings. The average molecular weight is 267 g/mol. The quantitative estimate of drug-likeness (QED) is 0.852. The fourth-order valence-electron chi connectivity index (χ4n) is 3.12. The van der Waals surface area contributed by atoms with Crippen LogP contribution in [0, 0.1) is 23.5 Å². The van der Waals surface area contributed by atoms with Gasteiger partial charge in [-0.1, -0.05) is 25.8 Å². The summed E-state index contributed by atoms with van der Waals surface area (Å²) in [6.45, 7) is 4.11. The van der Waals surface area contributed by atoms with Gasteiger partial charge in [-0.05, 0) is 55.8 Å². The van der Waals surface area contributed by atoms with Crippen molar-refractivity contribution in [2.45, 2.75) is 39.0 Å². The first kappa shape index (κ1) is 14.4. The molecule has 1 aromatic rings. The van der Waals surface area contributed by atoms with E-state index in [-0.39, 0.29) is 0 Å². The van der Waals surface area contributed by atoms with E-state index in [9.17, 15) is 8.78 Å². The Morgan fingerprint density at radius 1 is 1.16 bits per heavy atom. The lowest BCUT2D eigenvalue weighted by atomic mass is 9.76. The summed E-state index contributed by atoms with van der Waals surface area (Å²) in [6.07, 6.45) is 5.63. The number of rotatable bonds is 5. The van der Waals surface area contributed by atoms with Gasteiger partial charge >= 0.3 is 0 Å². The van der Waals surface area contributed by atoms with Crippen molar-refractivity contribution in [1.29, 1.82) is 0 Å². The van der Waals surface area contributed by atoms with Gasteiger partial charge in [-0.3, -0.25) is 0 Å². The van der Waals surface area contributed by atoms with Crippen molar-refractivity contribution in [1.82, 2.24) is 5.32 Å². The molecule has 0 heterocycles. The van der Waals surface area contributed by atoms with Crippen LogP contribution in [0.15, 0.2) is 18.2 Å². The highest BCUT2D eigenvalue weighted by molar-refractivity contribution is 5.19. The lowest BCUT2D eigenvalue weighted by Gasteiger charge is -2.32. The molecule has 0 saturated heterocycles. The summed E-state index contributed by atoms with van der Waals surface area (Å²) in [5.74, 6) is 0.257. The van der Waals surface area contributed by atoms with Crippen molar-refractivity contribution in [2.24, 2.45) is 11.8 Å². The van der Waals surface area contributed by atoms with Crippen molar-refractivity contribution in [3.05, 3.63) is 35.4 Å². The summed E-state index contributed by atoms with van der Waals surface area (Å²) < 4.78 is 26.6. The predicted octanol–water partition coefficient (Wildman–Crippen LogP) is 3.92. The van der Waals surface area contributed by atoms with Crippen molar-refractivity contribution in [3.8, 4) is 0 Å². The summed E-state index contributed by atoms with van der Waals surface area (Å²) in [6, 6.07) is 3.96. The lowest BCUT2D eigenvalue weighted by molar-refractivity contribution is 0.228. The molecule has 1 nitrogen and oxygen atoms in total. The second-order valence-electron chi connectivity index (χ2n) is 5.55. The molecule has 2 atom stereocenters. The predicted molar refractivity (Wildman–Crippen MR) is 74.1 cm³/mol. The SMILES string of the molecule is CCNCC1CCCCC1Cc1ccc(F)cc1F. The fraction of sp³-hybridized carbons (Fsp3) is 0.625. The molecule has 0 bridgehead atoms. The van der Waals surface area contributed by atoms with Crippen LogP contribution in [-0.4, -0.2) is 13.1 Å². The molecule has 2 unspecified atom stereocenters. The van der Waals surface area contributed by atoms with Crippen LogP contribution in [0.1, 0.15) is 38.2 Å². The van der Waals surface area contributed by atoms with Gasteiger partial charge in [0.2, 0.25) is 0 Å². The van der Waals surface area contributed by atoms with E-state index >= 15 is 0 Å². The largest absolute Gasteiger partial charge is 0.317 e. The molecule has 19 heavy (non-hydrogen) atoms. The van der Waals surface area contributed by atoms with E-state index in [4.69, 9.17) is 0 Å². The topological polar surface area (TPSA) is 12.0 Å². The summed E-state index contributed by atoms with van der Waals surface area (Å²) in [7, 11) is 0. The number of halogens is 2. The van der Waals surface area contributed by atoms with Gasteiger partial charge in [-0.15, -0.1) is 0 Å². The molecule has 1 aliphatic rings. The highest BCUT2D eigenvalue weighted by atomic mass is 19.1. The van der Waals surface area contributed by atoms with Crippen LogP contribution in [-0.2, 0) is 6.42 Å². The van der Waals surface area contributed by atoms with E-state index in [2.05, 4.69) is 12.2 Å². The minimum atomic E-state index is -0.492. The molecule has 0 aromatic heterocycles. The Hall–Kier alpha value is -0.960. The van der Waals surface area contributed by atoms with Crippen molar-refractivity contribution >= 4 is 0 Å². The zero-order valence-corrected chi connectivity index (χ0v) is 11.6. The third kappa shape index (κ3) is 4.00. The molecule has 1 aromatic carbocycles. The average Bonchev–Trinajstić information content (AvgIpc) is 2.41. The maximum absolute atomic E-state index is 13.7. The van der Waals surface area contributed by atoms with Crippen LogP contribution < -0.4 is 5.32 Å². The summed E-state index contributed by atoms with van der Waals surface area (Å²) in [4.78, 5) is 0. The van der Waals surface area contributed by atoms with E-state index in [1.165, 1.54) is 25.3 Å². The maximum atomic E-state index is 13.7. The van der Waals surface area contributed by atoms with E-state index in [1.54, 1.807) is 6.07 Å². The van der Waals surface area contributed by atoms with E-state index in [0.717, 1.165) is 32.0 Å². The van der Waals surface area contributed by atoms with Crippen molar-refractivity contribution in [3.63, 3.8) is 0 Å². The summed E-state index contributed by atoms with van der Waals surface area (Å²) in [5, 5.41) is 3.40. The molecule has 2 rings (SSSR count). The van der Waals surface area contributed by atoms with Gasteiger partial charge in [0, 0.05) is 6.07 Å². The Balaban J connectivity index is 2.02. The van der Waals surface area contributed by atoms with Crippen molar-refractivity contribution < 1.29 is 8.78 Å². The summed E-state index contributed by atoms with van der Waals surface area (Å²) in [5.41, 5.74) is 0.662. The molecular formula is C16H23F2N. The second-order valence-corrected chi connectivity index (χ2v) is 5.55. The number of hydrogen-bond acceptors (Lipinski definition) is 1. The van der Waals surface area contributed by atoms with Gasteiger partial charge in [0.1, 0.15) is 11.6 Å². The molecule has 1 aliphatic carbocycles. The van der Waals surface area contributed by atoms with Crippen LogP contribution in [0.4, 0.5) is 8.78 Å². The molecule has 1 N–H and O–H groups in total. The van der Waals surface area contributed by atoms with Gasteiger partial charge in [-0.2, -0.15) is 0 Å². The molecule has 0 amide bonds. The van der Waals surface area contributed by atoms with Crippen molar-refractivity contribution in [2.75, 3.05) is 13.1 Å².